The fourth-order valence-electron chi connectivity index (χ4n) is 1.59. The van der Waals surface area contributed by atoms with Gasteiger partial charge in [0.1, 0.15) is 0 Å². The Bertz CT molecular complexity index is 427. The van der Waals surface area contributed by atoms with E-state index < -0.39 is 0 Å². The summed E-state index contributed by atoms with van der Waals surface area (Å²) in [6.45, 7) is 4.29. The third kappa shape index (κ3) is 1.72. The Morgan fingerprint density at radius 2 is 2.00 bits per heavy atom. The Morgan fingerprint density at radius 3 is 2.79 bits per heavy atom. The van der Waals surface area contributed by atoms with Crippen molar-refractivity contribution < 1.29 is 0 Å². The summed E-state index contributed by atoms with van der Waals surface area (Å²) in [5, 5.41) is 5.83. The van der Waals surface area contributed by atoms with Crippen molar-refractivity contribution in [2.45, 2.75) is 19.9 Å². The molecular formula is C13H14N. The van der Waals surface area contributed by atoms with Crippen molar-refractivity contribution in [3.63, 3.8) is 0 Å². The quantitative estimate of drug-likeness (QED) is 0.753. The molecular weight excluding hydrogens is 170 g/mol. The van der Waals surface area contributed by atoms with Gasteiger partial charge in [-0.1, -0.05) is 30.3 Å². The van der Waals surface area contributed by atoms with Gasteiger partial charge in [-0.05, 0) is 31.4 Å². The zero-order valence-electron chi connectivity index (χ0n) is 8.54. The maximum atomic E-state index is 3.43. The fourth-order valence-corrected chi connectivity index (χ4v) is 1.59. The summed E-state index contributed by atoms with van der Waals surface area (Å²) in [5.41, 5.74) is 1.19. The molecule has 0 saturated carbocycles. The first-order valence-electron chi connectivity index (χ1n) is 4.93. The molecule has 0 bridgehead atoms. The van der Waals surface area contributed by atoms with Gasteiger partial charge in [-0.15, -0.1) is 0 Å². The third-order valence-corrected chi connectivity index (χ3v) is 2.15. The van der Waals surface area contributed by atoms with Gasteiger partial charge in [0.25, 0.3) is 0 Å². The molecule has 2 aromatic carbocycles. The van der Waals surface area contributed by atoms with E-state index >= 15 is 0 Å². The smallest absolute Gasteiger partial charge is 0.0422 e. The minimum atomic E-state index is 0.459. The molecule has 0 unspecified atom stereocenters. The van der Waals surface area contributed by atoms with Crippen LogP contribution in [0, 0.1) is 6.07 Å². The van der Waals surface area contributed by atoms with Crippen molar-refractivity contribution in [2.75, 3.05) is 5.32 Å². The molecule has 0 heterocycles. The van der Waals surface area contributed by atoms with E-state index in [0.29, 0.717) is 6.04 Å². The lowest BCUT2D eigenvalue weighted by Crippen LogP contribution is -2.09. The number of hydrogen-bond acceptors (Lipinski definition) is 1. The predicted octanol–water partition coefficient (Wildman–Crippen LogP) is 3.46. The number of nitrogens with one attached hydrogen (secondary N) is 1. The van der Waals surface area contributed by atoms with Crippen LogP contribution in [0.15, 0.2) is 36.4 Å². The summed E-state index contributed by atoms with van der Waals surface area (Å²) in [4.78, 5) is 0. The van der Waals surface area contributed by atoms with E-state index in [1.807, 2.05) is 12.1 Å². The summed E-state index contributed by atoms with van der Waals surface area (Å²) in [7, 11) is 0. The molecule has 71 valence electrons. The first-order valence-corrected chi connectivity index (χ1v) is 4.93. The Hall–Kier alpha value is -1.50. The predicted molar refractivity (Wildman–Crippen MR) is 61.5 cm³/mol. The molecule has 0 amide bonds. The maximum Gasteiger partial charge on any atom is 0.0422 e. The molecule has 2 aromatic rings. The normalized spacial score (nSPS) is 10.8. The van der Waals surface area contributed by atoms with Crippen LogP contribution in [0.3, 0.4) is 0 Å². The van der Waals surface area contributed by atoms with Crippen LogP contribution in [-0.2, 0) is 0 Å². The highest BCUT2D eigenvalue weighted by atomic mass is 14.9. The topological polar surface area (TPSA) is 12.0 Å². The number of fused-ring (bicyclic) bond motifs is 1. The second kappa shape index (κ2) is 3.70. The number of hydrogen-bond donors (Lipinski definition) is 1. The SMILES string of the molecule is CC(C)Nc1cccc2[c]cccc12. The minimum Gasteiger partial charge on any atom is -0.382 e. The molecule has 14 heavy (non-hydrogen) atoms. The van der Waals surface area contributed by atoms with Gasteiger partial charge in [-0.2, -0.15) is 0 Å². The molecule has 1 radical (unpaired) electrons. The molecule has 1 N–H and O–H groups in total. The number of rotatable bonds is 2. The van der Waals surface area contributed by atoms with E-state index in [1.165, 1.54) is 11.1 Å². The lowest BCUT2D eigenvalue weighted by Gasteiger charge is -2.12. The molecule has 1 nitrogen and oxygen atoms in total. The molecule has 0 aliphatic heterocycles. The second-order valence-electron chi connectivity index (χ2n) is 3.74. The van der Waals surface area contributed by atoms with Gasteiger partial charge in [0.15, 0.2) is 0 Å². The summed E-state index contributed by atoms with van der Waals surface area (Å²) in [6, 6.07) is 16.0. The van der Waals surface area contributed by atoms with E-state index in [4.69, 9.17) is 0 Å². The van der Waals surface area contributed by atoms with Crippen LogP contribution in [0.1, 0.15) is 13.8 Å². The second-order valence-corrected chi connectivity index (χ2v) is 3.74. The monoisotopic (exact) mass is 184 g/mol. The van der Waals surface area contributed by atoms with Gasteiger partial charge >= 0.3 is 0 Å². The Labute approximate surface area is 84.8 Å². The highest BCUT2D eigenvalue weighted by molar-refractivity contribution is 5.93. The van der Waals surface area contributed by atoms with E-state index in [2.05, 4.69) is 49.5 Å². The van der Waals surface area contributed by atoms with Crippen molar-refractivity contribution in [3.05, 3.63) is 42.5 Å². The molecule has 0 aromatic heterocycles. The van der Waals surface area contributed by atoms with Crippen molar-refractivity contribution in [2.24, 2.45) is 0 Å². The zero-order chi connectivity index (χ0) is 9.97. The Balaban J connectivity index is 2.53. The largest absolute Gasteiger partial charge is 0.382 e. The number of anilines is 1. The maximum absolute atomic E-state index is 3.43. The van der Waals surface area contributed by atoms with Gasteiger partial charge in [0, 0.05) is 17.1 Å². The van der Waals surface area contributed by atoms with Crippen LogP contribution in [0.2, 0.25) is 0 Å². The van der Waals surface area contributed by atoms with E-state index in [1.54, 1.807) is 0 Å². The van der Waals surface area contributed by atoms with Crippen LogP contribution in [-0.4, -0.2) is 6.04 Å². The van der Waals surface area contributed by atoms with E-state index in [-0.39, 0.29) is 0 Å². The van der Waals surface area contributed by atoms with Gasteiger partial charge in [-0.3, -0.25) is 0 Å². The molecule has 0 fully saturated rings. The lowest BCUT2D eigenvalue weighted by atomic mass is 10.1. The van der Waals surface area contributed by atoms with Crippen LogP contribution in [0.5, 0.6) is 0 Å². The Morgan fingerprint density at radius 1 is 1.14 bits per heavy atom. The first-order chi connectivity index (χ1) is 6.77. The minimum absolute atomic E-state index is 0.459. The highest BCUT2D eigenvalue weighted by Gasteiger charge is 2.00. The van der Waals surface area contributed by atoms with Crippen molar-refractivity contribution in [3.8, 4) is 0 Å². The van der Waals surface area contributed by atoms with Crippen molar-refractivity contribution in [1.82, 2.24) is 0 Å². The molecule has 0 spiro atoms. The standard InChI is InChI=1S/C13H14N/c1-10(2)14-13-9-5-7-11-6-3-4-8-12(11)13/h3-5,7-10,14H,1-2H3. The van der Waals surface area contributed by atoms with Crippen LogP contribution < -0.4 is 5.32 Å². The Kier molecular flexibility index (Phi) is 2.40. The summed E-state index contributed by atoms with van der Waals surface area (Å²) < 4.78 is 0. The van der Waals surface area contributed by atoms with Gasteiger partial charge < -0.3 is 5.32 Å². The average Bonchev–Trinajstić information content (AvgIpc) is 2.18. The average molecular weight is 184 g/mol. The van der Waals surface area contributed by atoms with E-state index in [0.717, 1.165) is 5.39 Å². The molecule has 0 saturated heterocycles. The van der Waals surface area contributed by atoms with Gasteiger partial charge in [0.2, 0.25) is 0 Å². The molecule has 0 aliphatic carbocycles. The fraction of sp³-hybridized carbons (Fsp3) is 0.231. The van der Waals surface area contributed by atoms with Gasteiger partial charge in [-0.25, -0.2) is 0 Å². The summed E-state index contributed by atoms with van der Waals surface area (Å²) in [6.07, 6.45) is 0. The summed E-state index contributed by atoms with van der Waals surface area (Å²) >= 11 is 0. The molecule has 0 aliphatic rings. The third-order valence-electron chi connectivity index (χ3n) is 2.15. The molecule has 2 rings (SSSR count). The zero-order valence-corrected chi connectivity index (χ0v) is 8.54. The number of benzene rings is 2. The summed E-state index contributed by atoms with van der Waals surface area (Å²) in [5.74, 6) is 0. The van der Waals surface area contributed by atoms with Gasteiger partial charge in [0.05, 0.1) is 0 Å². The first kappa shape index (κ1) is 9.07. The van der Waals surface area contributed by atoms with Crippen molar-refractivity contribution >= 4 is 16.5 Å². The van der Waals surface area contributed by atoms with Crippen molar-refractivity contribution in [1.29, 1.82) is 0 Å². The van der Waals surface area contributed by atoms with E-state index in [9.17, 15) is 0 Å². The highest BCUT2D eigenvalue weighted by Crippen LogP contribution is 2.22. The van der Waals surface area contributed by atoms with Crippen LogP contribution in [0.4, 0.5) is 5.69 Å². The molecule has 1 heteroatoms. The van der Waals surface area contributed by atoms with Crippen LogP contribution in [0.25, 0.3) is 10.8 Å². The molecule has 0 atom stereocenters. The van der Waals surface area contributed by atoms with Crippen LogP contribution >= 0.6 is 0 Å². The lowest BCUT2D eigenvalue weighted by molar-refractivity contribution is 0.902.